The molecule has 220 valence electrons. The van der Waals surface area contributed by atoms with Crippen molar-refractivity contribution in [3.8, 4) is 0 Å². The summed E-state index contributed by atoms with van der Waals surface area (Å²) in [6.45, 7) is 10.2. The van der Waals surface area contributed by atoms with Gasteiger partial charge in [-0.3, -0.25) is 4.79 Å². The normalized spacial score (nSPS) is 25.8. The van der Waals surface area contributed by atoms with Crippen molar-refractivity contribution in [3.63, 3.8) is 0 Å². The van der Waals surface area contributed by atoms with Crippen LogP contribution < -0.4 is 20.9 Å². The number of fused-ring (bicyclic) bond motifs is 2. The molecule has 9 heteroatoms. The van der Waals surface area contributed by atoms with E-state index in [1.54, 1.807) is 0 Å². The van der Waals surface area contributed by atoms with E-state index >= 15 is 4.39 Å². The molecule has 3 aliphatic rings. The third-order valence-corrected chi connectivity index (χ3v) is 9.33. The third kappa shape index (κ3) is 5.45. The molecule has 0 radical (unpaired) electrons. The number of amides is 1. The van der Waals surface area contributed by atoms with E-state index in [1.807, 2.05) is 50.2 Å². The molecule has 1 aliphatic heterocycles. The fourth-order valence-corrected chi connectivity index (χ4v) is 6.89. The lowest BCUT2D eigenvalue weighted by molar-refractivity contribution is -0.127. The summed E-state index contributed by atoms with van der Waals surface area (Å²) in [7, 11) is 2.15. The maximum absolute atomic E-state index is 15.1. The standard InChI is InChI=1S/C33H40FN7O/c1-21-18-26(12-13-28(21)41-16-14-40(4)15-17-41)37-32-35-20-27(34)30(38-32)39-33(3)25-11-10-24(19-25)29(33)31(42)36-22(2)23-8-6-5-7-9-23/h5-13,18,20,22,24-25,29H,14-17,19H2,1-4H3,(H,36,42)(H2,35,37,38,39)/t22?,24-,25+,29-,33+/m0/s1. The molecule has 6 rings (SSSR count). The summed E-state index contributed by atoms with van der Waals surface area (Å²) in [6, 6.07) is 16.0. The molecule has 3 N–H and O–H groups in total. The zero-order valence-corrected chi connectivity index (χ0v) is 24.8. The number of anilines is 4. The SMILES string of the molecule is Cc1cc(Nc2ncc(F)c(N[C@]3(C)[C@@H]4C=C[C@@H](C4)[C@H]3C(=O)NC(C)c3ccccc3)n2)ccc1N1CCN(C)CC1. The second-order valence-corrected chi connectivity index (χ2v) is 12.2. The second kappa shape index (κ2) is 11.4. The number of hydrogen-bond donors (Lipinski definition) is 3. The van der Waals surface area contributed by atoms with Crippen molar-refractivity contribution in [2.24, 2.45) is 17.8 Å². The summed E-state index contributed by atoms with van der Waals surface area (Å²) in [5.74, 6) is -0.397. The molecule has 2 aromatic carbocycles. The number of allylic oxidation sites excluding steroid dienone is 1. The Hall–Kier alpha value is -3.98. The first-order valence-corrected chi connectivity index (χ1v) is 14.9. The number of benzene rings is 2. The van der Waals surface area contributed by atoms with Crippen LogP contribution in [0, 0.1) is 30.5 Å². The number of aromatic nitrogens is 2. The Bertz CT molecular complexity index is 1470. The number of hydrogen-bond acceptors (Lipinski definition) is 7. The van der Waals surface area contributed by atoms with Crippen LogP contribution in [0.1, 0.15) is 37.4 Å². The van der Waals surface area contributed by atoms with Crippen molar-refractivity contribution in [2.75, 3.05) is 48.8 Å². The number of carbonyl (C=O) groups excluding carboxylic acids is 1. The second-order valence-electron chi connectivity index (χ2n) is 12.2. The Morgan fingerprint density at radius 1 is 1.10 bits per heavy atom. The number of piperazine rings is 1. The van der Waals surface area contributed by atoms with E-state index in [1.165, 1.54) is 11.9 Å². The number of rotatable bonds is 8. The van der Waals surface area contributed by atoms with E-state index in [9.17, 15) is 4.79 Å². The minimum Gasteiger partial charge on any atom is -0.369 e. The van der Waals surface area contributed by atoms with Gasteiger partial charge in [-0.05, 0) is 69.5 Å². The van der Waals surface area contributed by atoms with Crippen LogP contribution in [0.25, 0.3) is 0 Å². The molecule has 1 amide bonds. The van der Waals surface area contributed by atoms with Crippen LogP contribution >= 0.6 is 0 Å². The summed E-state index contributed by atoms with van der Waals surface area (Å²) in [5, 5.41) is 9.82. The lowest BCUT2D eigenvalue weighted by atomic mass is 9.76. The quantitative estimate of drug-likeness (QED) is 0.318. The van der Waals surface area contributed by atoms with Gasteiger partial charge in [0.2, 0.25) is 11.9 Å². The summed E-state index contributed by atoms with van der Waals surface area (Å²) >= 11 is 0. The van der Waals surface area contributed by atoms with Crippen LogP contribution in [-0.4, -0.2) is 59.5 Å². The molecule has 1 saturated heterocycles. The smallest absolute Gasteiger partial charge is 0.229 e. The first-order valence-electron chi connectivity index (χ1n) is 14.9. The van der Waals surface area contributed by atoms with Gasteiger partial charge in [0.05, 0.1) is 23.7 Å². The van der Waals surface area contributed by atoms with Crippen molar-refractivity contribution in [3.05, 3.63) is 83.8 Å². The molecule has 3 aromatic rings. The number of nitrogens with zero attached hydrogens (tertiary/aromatic N) is 4. The summed E-state index contributed by atoms with van der Waals surface area (Å²) in [4.78, 5) is 27.2. The van der Waals surface area contributed by atoms with Crippen LogP contribution in [0.3, 0.4) is 0 Å². The first-order chi connectivity index (χ1) is 20.2. The van der Waals surface area contributed by atoms with Crippen LogP contribution in [0.2, 0.25) is 0 Å². The number of halogens is 1. The van der Waals surface area contributed by atoms with Crippen molar-refractivity contribution in [1.82, 2.24) is 20.2 Å². The van der Waals surface area contributed by atoms with Gasteiger partial charge >= 0.3 is 0 Å². The molecular weight excluding hydrogens is 529 g/mol. The third-order valence-electron chi connectivity index (χ3n) is 9.33. The lowest BCUT2D eigenvalue weighted by Gasteiger charge is -2.39. The highest BCUT2D eigenvalue weighted by atomic mass is 19.1. The van der Waals surface area contributed by atoms with E-state index in [0.717, 1.165) is 49.4 Å². The zero-order chi connectivity index (χ0) is 29.4. The van der Waals surface area contributed by atoms with Crippen molar-refractivity contribution < 1.29 is 9.18 Å². The molecule has 1 aromatic heterocycles. The predicted octanol–water partition coefficient (Wildman–Crippen LogP) is 5.29. The largest absolute Gasteiger partial charge is 0.369 e. The topological polar surface area (TPSA) is 85.4 Å². The maximum Gasteiger partial charge on any atom is 0.229 e. The molecule has 1 unspecified atom stereocenters. The Morgan fingerprint density at radius 3 is 2.60 bits per heavy atom. The van der Waals surface area contributed by atoms with Gasteiger partial charge in [0.1, 0.15) is 0 Å². The van der Waals surface area contributed by atoms with E-state index in [4.69, 9.17) is 0 Å². The predicted molar refractivity (Wildman–Crippen MR) is 165 cm³/mol. The summed E-state index contributed by atoms with van der Waals surface area (Å²) in [5.41, 5.74) is 3.56. The molecule has 2 aliphatic carbocycles. The fraction of sp³-hybridized carbons (Fsp3) is 0.424. The monoisotopic (exact) mass is 569 g/mol. The average molecular weight is 570 g/mol. The van der Waals surface area contributed by atoms with E-state index < -0.39 is 11.4 Å². The van der Waals surface area contributed by atoms with Crippen molar-refractivity contribution in [2.45, 2.75) is 38.8 Å². The minimum absolute atomic E-state index is 0.0399. The van der Waals surface area contributed by atoms with Gasteiger partial charge in [0, 0.05) is 43.5 Å². The maximum atomic E-state index is 15.1. The van der Waals surface area contributed by atoms with Gasteiger partial charge in [0.25, 0.3) is 0 Å². The van der Waals surface area contributed by atoms with E-state index in [-0.39, 0.29) is 35.5 Å². The molecule has 42 heavy (non-hydrogen) atoms. The average Bonchev–Trinajstić information content (AvgIpc) is 3.56. The van der Waals surface area contributed by atoms with E-state index in [0.29, 0.717) is 5.95 Å². The number of carbonyl (C=O) groups is 1. The number of aryl methyl sites for hydroxylation is 1. The van der Waals surface area contributed by atoms with Crippen LogP contribution in [0.4, 0.5) is 27.5 Å². The summed E-state index contributed by atoms with van der Waals surface area (Å²) in [6.07, 6.45) is 6.30. The highest BCUT2D eigenvalue weighted by Crippen LogP contribution is 2.52. The molecular formula is C33H40FN7O. The van der Waals surface area contributed by atoms with Gasteiger partial charge in [0.15, 0.2) is 11.6 Å². The fourth-order valence-electron chi connectivity index (χ4n) is 6.89. The Labute approximate surface area is 247 Å². The number of nitrogens with one attached hydrogen (secondary N) is 3. The molecule has 0 spiro atoms. The molecule has 2 heterocycles. The molecule has 1 saturated carbocycles. The number of likely N-dealkylation sites (N-methyl/N-ethyl adjacent to an activating group) is 1. The van der Waals surface area contributed by atoms with Gasteiger partial charge in [-0.1, -0.05) is 42.5 Å². The Morgan fingerprint density at radius 2 is 1.86 bits per heavy atom. The lowest BCUT2D eigenvalue weighted by Crippen LogP contribution is -2.53. The Kier molecular flexibility index (Phi) is 7.62. The van der Waals surface area contributed by atoms with Crippen molar-refractivity contribution >= 4 is 29.0 Å². The van der Waals surface area contributed by atoms with Crippen LogP contribution in [0.5, 0.6) is 0 Å². The molecule has 2 bridgehead atoms. The van der Waals surface area contributed by atoms with Crippen LogP contribution in [-0.2, 0) is 4.79 Å². The molecule has 2 fully saturated rings. The highest BCUT2D eigenvalue weighted by Gasteiger charge is 2.56. The van der Waals surface area contributed by atoms with E-state index in [2.05, 4.69) is 74.0 Å². The zero-order valence-electron chi connectivity index (χ0n) is 24.8. The van der Waals surface area contributed by atoms with Gasteiger partial charge in [-0.25, -0.2) is 9.37 Å². The minimum atomic E-state index is -0.701. The van der Waals surface area contributed by atoms with Gasteiger partial charge < -0.3 is 25.8 Å². The molecule has 5 atom stereocenters. The first kappa shape index (κ1) is 28.2. The van der Waals surface area contributed by atoms with Gasteiger partial charge in [-0.15, -0.1) is 0 Å². The summed E-state index contributed by atoms with van der Waals surface area (Å²) < 4.78 is 15.1. The van der Waals surface area contributed by atoms with Crippen LogP contribution in [0.15, 0.2) is 66.9 Å². The molecule has 8 nitrogen and oxygen atoms in total. The highest BCUT2D eigenvalue weighted by molar-refractivity contribution is 5.83. The Balaban J connectivity index is 1.18. The van der Waals surface area contributed by atoms with Crippen molar-refractivity contribution in [1.29, 1.82) is 0 Å². The van der Waals surface area contributed by atoms with Gasteiger partial charge in [-0.2, -0.15) is 4.98 Å².